The molecule has 0 aromatic rings. The van der Waals surface area contributed by atoms with Crippen molar-refractivity contribution >= 4 is 0 Å². The molecule has 1 rings (SSSR count). The van der Waals surface area contributed by atoms with Gasteiger partial charge in [0, 0.05) is 17.9 Å². The molecule has 0 amide bonds. The minimum absolute atomic E-state index is 0.243. The molecule has 0 saturated carbocycles. The SMILES string of the molecule is CC1=C(N)C(C)([N+](=O)[O-])C=CC1N. The zero-order valence-corrected chi connectivity index (χ0v) is 7.65. The smallest absolute Gasteiger partial charge is 0.276 e. The molecule has 0 heterocycles. The van der Waals surface area contributed by atoms with Crippen LogP contribution in [0, 0.1) is 10.1 Å². The molecule has 0 spiro atoms. The lowest BCUT2D eigenvalue weighted by molar-refractivity contribution is -0.539. The average molecular weight is 183 g/mol. The highest BCUT2D eigenvalue weighted by Crippen LogP contribution is 2.26. The summed E-state index contributed by atoms with van der Waals surface area (Å²) in [6, 6.07) is -0.298. The number of hydrogen-bond acceptors (Lipinski definition) is 4. The van der Waals surface area contributed by atoms with Crippen molar-refractivity contribution in [3.8, 4) is 0 Å². The van der Waals surface area contributed by atoms with Crippen LogP contribution < -0.4 is 11.5 Å². The van der Waals surface area contributed by atoms with Gasteiger partial charge in [-0.25, -0.2) is 0 Å². The highest BCUT2D eigenvalue weighted by Gasteiger charge is 2.41. The Bertz CT molecular complexity index is 309. The summed E-state index contributed by atoms with van der Waals surface area (Å²) in [6.07, 6.45) is 3.05. The molecule has 1 aliphatic rings. The maximum Gasteiger partial charge on any atom is 0.276 e. The van der Waals surface area contributed by atoms with E-state index in [0.717, 1.165) is 0 Å². The third-order valence-corrected chi connectivity index (χ3v) is 2.48. The van der Waals surface area contributed by atoms with E-state index >= 15 is 0 Å². The summed E-state index contributed by atoms with van der Waals surface area (Å²) in [7, 11) is 0. The first-order valence-electron chi connectivity index (χ1n) is 3.95. The second kappa shape index (κ2) is 2.85. The summed E-state index contributed by atoms with van der Waals surface area (Å²) in [5.41, 5.74) is 10.9. The predicted molar refractivity (Wildman–Crippen MR) is 49.4 cm³/mol. The Kier molecular flexibility index (Phi) is 2.13. The van der Waals surface area contributed by atoms with Gasteiger partial charge in [-0.2, -0.15) is 0 Å². The average Bonchev–Trinajstić information content (AvgIpc) is 2.08. The van der Waals surface area contributed by atoms with Gasteiger partial charge in [0.25, 0.3) is 5.54 Å². The van der Waals surface area contributed by atoms with Crippen molar-refractivity contribution in [2.75, 3.05) is 0 Å². The fraction of sp³-hybridized carbons (Fsp3) is 0.500. The molecule has 5 nitrogen and oxygen atoms in total. The monoisotopic (exact) mass is 183 g/mol. The van der Waals surface area contributed by atoms with E-state index in [1.807, 2.05) is 0 Å². The summed E-state index contributed by atoms with van der Waals surface area (Å²) in [5, 5.41) is 10.7. The van der Waals surface area contributed by atoms with E-state index in [-0.39, 0.29) is 11.7 Å². The van der Waals surface area contributed by atoms with Crippen LogP contribution in [0.1, 0.15) is 13.8 Å². The molecule has 1 aliphatic carbocycles. The zero-order valence-electron chi connectivity index (χ0n) is 7.65. The number of hydrogen-bond donors (Lipinski definition) is 2. The van der Waals surface area contributed by atoms with Crippen LogP contribution in [0.5, 0.6) is 0 Å². The van der Waals surface area contributed by atoms with Gasteiger partial charge in [0.1, 0.15) is 0 Å². The van der Waals surface area contributed by atoms with Gasteiger partial charge in [0.05, 0.1) is 5.70 Å². The fourth-order valence-corrected chi connectivity index (χ4v) is 1.26. The molecule has 0 aliphatic heterocycles. The molecule has 0 saturated heterocycles. The van der Waals surface area contributed by atoms with Gasteiger partial charge in [-0.15, -0.1) is 0 Å². The van der Waals surface area contributed by atoms with Gasteiger partial charge < -0.3 is 11.5 Å². The molecule has 4 N–H and O–H groups in total. The van der Waals surface area contributed by atoms with E-state index in [0.29, 0.717) is 5.57 Å². The Balaban J connectivity index is 3.18. The second-order valence-corrected chi connectivity index (χ2v) is 3.39. The van der Waals surface area contributed by atoms with Crippen molar-refractivity contribution in [1.82, 2.24) is 0 Å². The molecule has 5 heteroatoms. The van der Waals surface area contributed by atoms with Crippen molar-refractivity contribution in [3.63, 3.8) is 0 Å². The van der Waals surface area contributed by atoms with E-state index in [1.54, 1.807) is 13.0 Å². The topological polar surface area (TPSA) is 95.2 Å². The molecule has 0 aromatic heterocycles. The molecule has 72 valence electrons. The molecule has 0 radical (unpaired) electrons. The first-order chi connectivity index (χ1) is 5.89. The second-order valence-electron chi connectivity index (χ2n) is 3.39. The van der Waals surface area contributed by atoms with Crippen molar-refractivity contribution in [2.45, 2.75) is 25.4 Å². The van der Waals surface area contributed by atoms with Gasteiger partial charge in [0.15, 0.2) is 0 Å². The normalized spacial score (nSPS) is 33.6. The Hall–Kier alpha value is -1.36. The number of nitrogens with two attached hydrogens (primary N) is 2. The van der Waals surface area contributed by atoms with Crippen LogP contribution in [-0.4, -0.2) is 16.5 Å². The minimum atomic E-state index is -1.29. The van der Waals surface area contributed by atoms with E-state index in [1.165, 1.54) is 13.0 Å². The van der Waals surface area contributed by atoms with E-state index < -0.39 is 10.5 Å². The molecule has 2 atom stereocenters. The third-order valence-electron chi connectivity index (χ3n) is 2.48. The zero-order chi connectivity index (χ0) is 10.2. The van der Waals surface area contributed by atoms with Crippen LogP contribution in [0.15, 0.2) is 23.4 Å². The fourth-order valence-electron chi connectivity index (χ4n) is 1.26. The first-order valence-corrected chi connectivity index (χ1v) is 3.95. The Labute approximate surface area is 76.2 Å². The summed E-state index contributed by atoms with van der Waals surface area (Å²) in [6.45, 7) is 3.18. The van der Waals surface area contributed by atoms with Crippen LogP contribution >= 0.6 is 0 Å². The van der Waals surface area contributed by atoms with Gasteiger partial charge in [-0.05, 0) is 18.6 Å². The number of rotatable bonds is 1. The number of nitrogens with zero attached hydrogens (tertiary/aromatic N) is 1. The quantitative estimate of drug-likeness (QED) is 0.343. The molecule has 0 fully saturated rings. The first kappa shape index (κ1) is 9.73. The lowest BCUT2D eigenvalue weighted by atomic mass is 9.87. The summed E-state index contributed by atoms with van der Waals surface area (Å²) >= 11 is 0. The summed E-state index contributed by atoms with van der Waals surface area (Å²) in [5.74, 6) is 0. The summed E-state index contributed by atoms with van der Waals surface area (Å²) < 4.78 is 0. The van der Waals surface area contributed by atoms with Gasteiger partial charge >= 0.3 is 0 Å². The van der Waals surface area contributed by atoms with E-state index in [4.69, 9.17) is 11.5 Å². The highest BCUT2D eigenvalue weighted by atomic mass is 16.6. The van der Waals surface area contributed by atoms with Crippen molar-refractivity contribution in [1.29, 1.82) is 0 Å². The van der Waals surface area contributed by atoms with Crippen LogP contribution in [0.3, 0.4) is 0 Å². The van der Waals surface area contributed by atoms with Gasteiger partial charge in [-0.1, -0.05) is 6.08 Å². The largest absolute Gasteiger partial charge is 0.396 e. The van der Waals surface area contributed by atoms with Gasteiger partial charge in [0.2, 0.25) is 0 Å². The van der Waals surface area contributed by atoms with Crippen molar-refractivity contribution < 1.29 is 4.92 Å². The van der Waals surface area contributed by atoms with Gasteiger partial charge in [-0.3, -0.25) is 10.1 Å². The molecular weight excluding hydrogens is 170 g/mol. The van der Waals surface area contributed by atoms with Crippen LogP contribution in [0.2, 0.25) is 0 Å². The maximum absolute atomic E-state index is 10.7. The third kappa shape index (κ3) is 1.31. The number of nitro groups is 1. The summed E-state index contributed by atoms with van der Waals surface area (Å²) in [4.78, 5) is 10.3. The van der Waals surface area contributed by atoms with E-state index in [2.05, 4.69) is 0 Å². The molecular formula is C8H13N3O2. The molecule has 0 aromatic carbocycles. The maximum atomic E-state index is 10.7. The molecule has 0 bridgehead atoms. The predicted octanol–water partition coefficient (Wildman–Crippen LogP) is 0.152. The Morgan fingerprint density at radius 1 is 1.69 bits per heavy atom. The van der Waals surface area contributed by atoms with Crippen molar-refractivity contribution in [2.24, 2.45) is 11.5 Å². The van der Waals surface area contributed by atoms with E-state index in [9.17, 15) is 10.1 Å². The minimum Gasteiger partial charge on any atom is -0.396 e. The Morgan fingerprint density at radius 2 is 2.23 bits per heavy atom. The van der Waals surface area contributed by atoms with Crippen LogP contribution in [0.4, 0.5) is 0 Å². The molecule has 13 heavy (non-hydrogen) atoms. The van der Waals surface area contributed by atoms with Crippen molar-refractivity contribution in [3.05, 3.63) is 33.5 Å². The van der Waals surface area contributed by atoms with Crippen LogP contribution in [0.25, 0.3) is 0 Å². The lowest BCUT2D eigenvalue weighted by Gasteiger charge is -2.25. The van der Waals surface area contributed by atoms with Crippen LogP contribution in [-0.2, 0) is 0 Å². The Morgan fingerprint density at radius 3 is 2.69 bits per heavy atom. The lowest BCUT2D eigenvalue weighted by Crippen LogP contribution is -2.44. The highest BCUT2D eigenvalue weighted by molar-refractivity contribution is 5.35. The standard InChI is InChI=1S/C8H13N3O2/c1-5-6(9)3-4-8(2,7(5)10)11(12)13/h3-4,6H,9-10H2,1-2H3. The molecule has 2 unspecified atom stereocenters.